The molecule has 88 valence electrons. The molecule has 5 nitrogen and oxygen atoms in total. The van der Waals surface area contributed by atoms with Gasteiger partial charge < -0.3 is 10.6 Å². The van der Waals surface area contributed by atoms with Gasteiger partial charge in [-0.1, -0.05) is 0 Å². The number of hydrogen-bond donors (Lipinski definition) is 2. The summed E-state index contributed by atoms with van der Waals surface area (Å²) in [5.41, 5.74) is -0.0807. The smallest absolute Gasteiger partial charge is 0.176 e. The molecule has 0 radical (unpaired) electrons. The molecule has 0 bridgehead atoms. The van der Waals surface area contributed by atoms with Gasteiger partial charge in [-0.2, -0.15) is 10.5 Å². The Kier molecular flexibility index (Phi) is 2.30. The molecule has 2 aliphatic heterocycles. The van der Waals surface area contributed by atoms with Crippen molar-refractivity contribution in [2.24, 2.45) is 0 Å². The first-order valence-electron chi connectivity index (χ1n) is 5.28. The number of nitriles is 2. The summed E-state index contributed by atoms with van der Waals surface area (Å²) in [6.45, 7) is 6.03. The van der Waals surface area contributed by atoms with Crippen molar-refractivity contribution in [1.29, 1.82) is 10.5 Å². The molecule has 6 heteroatoms. The van der Waals surface area contributed by atoms with E-state index in [9.17, 15) is 0 Å². The van der Waals surface area contributed by atoms with E-state index < -0.39 is 5.66 Å². The highest BCUT2D eigenvalue weighted by molar-refractivity contribution is 7.80. The molecule has 2 aliphatic rings. The van der Waals surface area contributed by atoms with Crippen LogP contribution in [-0.4, -0.2) is 21.2 Å². The van der Waals surface area contributed by atoms with Crippen molar-refractivity contribution in [3.8, 4) is 12.1 Å². The van der Waals surface area contributed by atoms with Crippen molar-refractivity contribution in [3.63, 3.8) is 0 Å². The molecule has 0 aromatic carbocycles. The van der Waals surface area contributed by atoms with Crippen LogP contribution in [0.1, 0.15) is 27.2 Å². The molecular formula is C11H13N5S. The van der Waals surface area contributed by atoms with Crippen molar-refractivity contribution in [2.75, 3.05) is 0 Å². The Morgan fingerprint density at radius 1 is 1.24 bits per heavy atom. The van der Waals surface area contributed by atoms with Gasteiger partial charge in [-0.05, 0) is 33.0 Å². The van der Waals surface area contributed by atoms with Gasteiger partial charge in [0.1, 0.15) is 17.8 Å². The van der Waals surface area contributed by atoms with Gasteiger partial charge in [0.2, 0.25) is 0 Å². The summed E-state index contributed by atoms with van der Waals surface area (Å²) in [5, 5.41) is 24.9. The zero-order valence-electron chi connectivity index (χ0n) is 9.96. The molecule has 1 saturated heterocycles. The van der Waals surface area contributed by atoms with Crippen molar-refractivity contribution >= 4 is 17.3 Å². The van der Waals surface area contributed by atoms with Gasteiger partial charge in [0, 0.05) is 12.0 Å². The third kappa shape index (κ3) is 1.62. The van der Waals surface area contributed by atoms with E-state index in [-0.39, 0.29) is 11.2 Å². The first kappa shape index (κ1) is 11.7. The van der Waals surface area contributed by atoms with E-state index >= 15 is 0 Å². The number of allylic oxidation sites excluding steroid dienone is 2. The molecule has 1 atom stereocenters. The number of thiocarbonyl (C=S) groups is 1. The predicted molar refractivity (Wildman–Crippen MR) is 66.1 cm³/mol. The largest absolute Gasteiger partial charge is 0.357 e. The SMILES string of the molecule is CC1(C)CC2(C)NC(C#N)=C(C#N)N2C(=S)N1. The lowest BCUT2D eigenvalue weighted by Crippen LogP contribution is -2.67. The normalized spacial score (nSPS) is 29.9. The molecular weight excluding hydrogens is 234 g/mol. The fourth-order valence-corrected chi connectivity index (χ4v) is 3.20. The minimum atomic E-state index is -0.498. The van der Waals surface area contributed by atoms with Crippen LogP contribution in [0.25, 0.3) is 0 Å². The van der Waals surface area contributed by atoms with Gasteiger partial charge in [-0.15, -0.1) is 0 Å². The van der Waals surface area contributed by atoms with Crippen LogP contribution in [0.3, 0.4) is 0 Å². The first-order valence-corrected chi connectivity index (χ1v) is 5.69. The van der Waals surface area contributed by atoms with E-state index in [0.717, 1.165) is 6.42 Å². The lowest BCUT2D eigenvalue weighted by molar-refractivity contribution is 0.139. The topological polar surface area (TPSA) is 74.9 Å². The van der Waals surface area contributed by atoms with Crippen LogP contribution in [0.15, 0.2) is 11.4 Å². The summed E-state index contributed by atoms with van der Waals surface area (Å²) in [4.78, 5) is 1.70. The Hall–Kier alpha value is -1.79. The second-order valence-corrected chi connectivity index (χ2v) is 5.56. The summed E-state index contributed by atoms with van der Waals surface area (Å²) in [5.74, 6) is 0. The highest BCUT2D eigenvalue weighted by Gasteiger charge is 2.50. The first-order chi connectivity index (χ1) is 7.83. The van der Waals surface area contributed by atoms with Gasteiger partial charge in [-0.3, -0.25) is 4.90 Å². The van der Waals surface area contributed by atoms with Crippen LogP contribution < -0.4 is 10.6 Å². The van der Waals surface area contributed by atoms with Crippen LogP contribution in [0.5, 0.6) is 0 Å². The molecule has 0 amide bonds. The van der Waals surface area contributed by atoms with E-state index in [4.69, 9.17) is 22.7 Å². The highest BCUT2D eigenvalue weighted by Crippen LogP contribution is 2.37. The minimum Gasteiger partial charge on any atom is -0.357 e. The molecule has 0 aliphatic carbocycles. The Morgan fingerprint density at radius 2 is 1.88 bits per heavy atom. The number of hydrogen-bond acceptors (Lipinski definition) is 4. The lowest BCUT2D eigenvalue weighted by Gasteiger charge is -2.48. The van der Waals surface area contributed by atoms with Gasteiger partial charge in [0.15, 0.2) is 16.5 Å². The van der Waals surface area contributed by atoms with Crippen LogP contribution in [0.2, 0.25) is 0 Å². The minimum absolute atomic E-state index is 0.166. The van der Waals surface area contributed by atoms with Crippen LogP contribution in [-0.2, 0) is 0 Å². The maximum absolute atomic E-state index is 9.14. The fraction of sp³-hybridized carbons (Fsp3) is 0.545. The maximum Gasteiger partial charge on any atom is 0.176 e. The van der Waals surface area contributed by atoms with Gasteiger partial charge in [0.05, 0.1) is 0 Å². The van der Waals surface area contributed by atoms with Gasteiger partial charge in [0.25, 0.3) is 0 Å². The summed E-state index contributed by atoms with van der Waals surface area (Å²) in [7, 11) is 0. The second-order valence-electron chi connectivity index (χ2n) is 5.17. The van der Waals surface area contributed by atoms with Crippen molar-refractivity contribution in [1.82, 2.24) is 15.5 Å². The number of nitrogens with one attached hydrogen (secondary N) is 2. The Labute approximate surface area is 106 Å². The Morgan fingerprint density at radius 3 is 2.41 bits per heavy atom. The Balaban J connectivity index is 2.49. The predicted octanol–water partition coefficient (Wildman–Crippen LogP) is 0.923. The monoisotopic (exact) mass is 247 g/mol. The third-order valence-corrected chi connectivity index (χ3v) is 3.29. The number of nitrogens with zero attached hydrogens (tertiary/aromatic N) is 3. The van der Waals surface area contributed by atoms with Crippen molar-refractivity contribution in [3.05, 3.63) is 11.4 Å². The molecule has 0 aromatic rings. The molecule has 2 rings (SSSR count). The quantitative estimate of drug-likeness (QED) is 0.620. The van der Waals surface area contributed by atoms with E-state index in [2.05, 4.69) is 10.6 Å². The van der Waals surface area contributed by atoms with E-state index in [1.54, 1.807) is 4.90 Å². The molecule has 0 spiro atoms. The zero-order valence-corrected chi connectivity index (χ0v) is 10.8. The van der Waals surface area contributed by atoms with Crippen LogP contribution >= 0.6 is 12.2 Å². The lowest BCUT2D eigenvalue weighted by atomic mass is 9.88. The standard InChI is InChI=1S/C11H13N5S/c1-10(2)6-11(3)14-7(4-12)8(5-13)16(11)9(17)15-10/h14H,6H2,1-3H3,(H,15,17). The molecule has 17 heavy (non-hydrogen) atoms. The van der Waals surface area contributed by atoms with Crippen molar-refractivity contribution in [2.45, 2.75) is 38.4 Å². The van der Waals surface area contributed by atoms with E-state index in [1.807, 2.05) is 32.9 Å². The summed E-state index contributed by atoms with van der Waals surface area (Å²) < 4.78 is 0. The maximum atomic E-state index is 9.14. The Bertz CT molecular complexity index is 507. The van der Waals surface area contributed by atoms with E-state index in [0.29, 0.717) is 10.8 Å². The number of fused-ring (bicyclic) bond motifs is 1. The second kappa shape index (κ2) is 3.35. The molecule has 0 saturated carbocycles. The van der Waals surface area contributed by atoms with Gasteiger partial charge >= 0.3 is 0 Å². The summed E-state index contributed by atoms with van der Waals surface area (Å²) in [6.07, 6.45) is 0.733. The van der Waals surface area contributed by atoms with E-state index in [1.165, 1.54) is 0 Å². The van der Waals surface area contributed by atoms with Crippen LogP contribution in [0.4, 0.5) is 0 Å². The van der Waals surface area contributed by atoms with Gasteiger partial charge in [-0.25, -0.2) is 0 Å². The summed E-state index contributed by atoms with van der Waals surface area (Å²) >= 11 is 5.29. The number of rotatable bonds is 0. The average molecular weight is 247 g/mol. The third-order valence-electron chi connectivity index (χ3n) is 3.00. The fourth-order valence-electron chi connectivity index (χ4n) is 2.63. The molecule has 1 unspecified atom stereocenters. The highest BCUT2D eigenvalue weighted by atomic mass is 32.1. The summed E-state index contributed by atoms with van der Waals surface area (Å²) in [6, 6.07) is 4.05. The average Bonchev–Trinajstić information content (AvgIpc) is 2.47. The van der Waals surface area contributed by atoms with Crippen LogP contribution in [0, 0.1) is 22.7 Å². The zero-order chi connectivity index (χ0) is 12.8. The molecule has 2 N–H and O–H groups in total. The molecule has 0 aromatic heterocycles. The molecule has 1 fully saturated rings. The van der Waals surface area contributed by atoms with Crippen molar-refractivity contribution < 1.29 is 0 Å². The molecule has 2 heterocycles.